The van der Waals surface area contributed by atoms with Crippen molar-refractivity contribution in [1.29, 1.82) is 0 Å². The van der Waals surface area contributed by atoms with Gasteiger partial charge in [-0.05, 0) is 87.1 Å². The molecule has 1 aliphatic heterocycles. The number of rotatable bonds is 8. The average Bonchev–Trinajstić information content (AvgIpc) is 3.30. The molecule has 35 heavy (non-hydrogen) atoms. The van der Waals surface area contributed by atoms with E-state index >= 15 is 0 Å². The molecule has 1 fully saturated rings. The molecular formula is C26H33F2N3O3S. The summed E-state index contributed by atoms with van der Waals surface area (Å²) in [6, 6.07) is 3.46. The highest BCUT2D eigenvalue weighted by Gasteiger charge is 2.38. The third-order valence-electron chi connectivity index (χ3n) is 7.13. The van der Waals surface area contributed by atoms with Crippen molar-refractivity contribution in [2.75, 3.05) is 11.9 Å². The first kappa shape index (κ1) is 25.9. The van der Waals surface area contributed by atoms with Crippen LogP contribution >= 0.6 is 11.9 Å². The lowest BCUT2D eigenvalue weighted by Crippen LogP contribution is -2.39. The van der Waals surface area contributed by atoms with Crippen LogP contribution in [0, 0.1) is 30.4 Å². The van der Waals surface area contributed by atoms with Crippen molar-refractivity contribution in [3.05, 3.63) is 52.9 Å². The van der Waals surface area contributed by atoms with Gasteiger partial charge in [0.15, 0.2) is 11.6 Å². The maximum absolute atomic E-state index is 13.6. The van der Waals surface area contributed by atoms with Gasteiger partial charge in [0.2, 0.25) is 0 Å². The van der Waals surface area contributed by atoms with Crippen molar-refractivity contribution in [2.24, 2.45) is 11.8 Å². The Hall–Kier alpha value is -2.20. The van der Waals surface area contributed by atoms with Crippen LogP contribution in [0.1, 0.15) is 61.3 Å². The molecule has 2 aromatic rings. The SMILES string of the molecule is Cc1c(SNC2C(C)CCC2CC(C)(O)CO)c2n(c1C(=O)Nc1ccc(F)c(F)c1)CCC=C2. The molecule has 4 atom stereocenters. The number of halogens is 2. The first-order valence-electron chi connectivity index (χ1n) is 12.0. The Labute approximate surface area is 208 Å². The van der Waals surface area contributed by atoms with Crippen LogP contribution in [0.3, 0.4) is 0 Å². The molecule has 190 valence electrons. The van der Waals surface area contributed by atoms with Crippen LogP contribution in [0.2, 0.25) is 0 Å². The third kappa shape index (κ3) is 5.48. The van der Waals surface area contributed by atoms with Gasteiger partial charge in [-0.2, -0.15) is 0 Å². The van der Waals surface area contributed by atoms with Gasteiger partial charge in [0, 0.05) is 24.3 Å². The van der Waals surface area contributed by atoms with Crippen molar-refractivity contribution in [1.82, 2.24) is 9.29 Å². The molecule has 1 aliphatic carbocycles. The number of nitrogens with zero attached hydrogens (tertiary/aromatic N) is 1. The molecule has 4 unspecified atom stereocenters. The second kappa shape index (κ2) is 10.4. The largest absolute Gasteiger partial charge is 0.393 e. The summed E-state index contributed by atoms with van der Waals surface area (Å²) < 4.78 is 32.5. The second-order valence-corrected chi connectivity index (χ2v) is 10.9. The van der Waals surface area contributed by atoms with E-state index < -0.39 is 17.2 Å². The van der Waals surface area contributed by atoms with Crippen LogP contribution in [0.25, 0.3) is 6.08 Å². The van der Waals surface area contributed by atoms with Gasteiger partial charge in [0.1, 0.15) is 5.69 Å². The predicted octanol–water partition coefficient (Wildman–Crippen LogP) is 4.89. The predicted molar refractivity (Wildman–Crippen MR) is 134 cm³/mol. The lowest BCUT2D eigenvalue weighted by atomic mass is 9.88. The molecule has 1 aromatic carbocycles. The molecule has 9 heteroatoms. The number of nitrogens with one attached hydrogen (secondary N) is 2. The maximum atomic E-state index is 13.6. The molecule has 2 aliphatic rings. The minimum atomic E-state index is -1.11. The fourth-order valence-corrected chi connectivity index (χ4v) is 6.44. The first-order valence-corrected chi connectivity index (χ1v) is 12.8. The minimum Gasteiger partial charge on any atom is -0.393 e. The Morgan fingerprint density at radius 2 is 2.06 bits per heavy atom. The number of carbonyl (C=O) groups is 1. The van der Waals surface area contributed by atoms with E-state index in [1.165, 1.54) is 18.0 Å². The summed E-state index contributed by atoms with van der Waals surface area (Å²) in [6.07, 6.45) is 7.42. The highest BCUT2D eigenvalue weighted by Crippen LogP contribution is 2.40. The Morgan fingerprint density at radius 3 is 2.77 bits per heavy atom. The Bertz CT molecular complexity index is 1130. The quantitative estimate of drug-likeness (QED) is 0.384. The number of amides is 1. The summed E-state index contributed by atoms with van der Waals surface area (Å²) in [5.41, 5.74) is 1.33. The van der Waals surface area contributed by atoms with Crippen LogP contribution in [0.4, 0.5) is 14.5 Å². The van der Waals surface area contributed by atoms with Crippen molar-refractivity contribution in [3.63, 3.8) is 0 Å². The van der Waals surface area contributed by atoms with Gasteiger partial charge in [0.05, 0.1) is 22.8 Å². The molecule has 1 aromatic heterocycles. The topological polar surface area (TPSA) is 86.5 Å². The molecule has 0 saturated heterocycles. The molecule has 2 heterocycles. The zero-order valence-electron chi connectivity index (χ0n) is 20.3. The highest BCUT2D eigenvalue weighted by atomic mass is 32.2. The normalized spacial score (nSPS) is 23.2. The maximum Gasteiger partial charge on any atom is 0.272 e. The monoisotopic (exact) mass is 505 g/mol. The lowest BCUT2D eigenvalue weighted by molar-refractivity contribution is -0.0193. The van der Waals surface area contributed by atoms with Crippen LogP contribution in [0.5, 0.6) is 0 Å². The minimum absolute atomic E-state index is 0.153. The number of allylic oxidation sites excluding steroid dienone is 1. The second-order valence-electron chi connectivity index (χ2n) is 10.0. The standard InChI is InChI=1S/C26H33F2N3O3S/c1-15-7-8-17(13-26(3,34)14-32)22(15)30-35-24-16(2)23(31-11-5-4-6-21(24)31)25(33)29-18-9-10-19(27)20(28)12-18/h4,6,9-10,12,15,17,22,30,32,34H,5,7-8,11,13-14H2,1-3H3,(H,29,33). The Balaban J connectivity index is 1.56. The fourth-order valence-electron chi connectivity index (χ4n) is 5.23. The van der Waals surface area contributed by atoms with Gasteiger partial charge in [-0.3, -0.25) is 9.52 Å². The molecular weight excluding hydrogens is 472 g/mol. The summed E-state index contributed by atoms with van der Waals surface area (Å²) in [6.45, 7) is 6.13. The molecule has 4 rings (SSSR count). The summed E-state index contributed by atoms with van der Waals surface area (Å²) in [4.78, 5) is 14.2. The first-order chi connectivity index (χ1) is 16.6. The number of hydrogen-bond acceptors (Lipinski definition) is 5. The van der Waals surface area contributed by atoms with Gasteiger partial charge >= 0.3 is 0 Å². The van der Waals surface area contributed by atoms with Gasteiger partial charge in [-0.25, -0.2) is 8.78 Å². The molecule has 0 bridgehead atoms. The number of carbonyl (C=O) groups excluding carboxylic acids is 1. The van der Waals surface area contributed by atoms with Crippen molar-refractivity contribution in [2.45, 2.75) is 69.5 Å². The molecule has 4 N–H and O–H groups in total. The highest BCUT2D eigenvalue weighted by molar-refractivity contribution is 7.97. The van der Waals surface area contributed by atoms with E-state index in [0.29, 0.717) is 24.6 Å². The van der Waals surface area contributed by atoms with Crippen LogP contribution in [-0.4, -0.2) is 38.9 Å². The fraction of sp³-hybridized carbons (Fsp3) is 0.500. The number of anilines is 1. The van der Waals surface area contributed by atoms with Gasteiger partial charge < -0.3 is 20.1 Å². The van der Waals surface area contributed by atoms with Gasteiger partial charge in [-0.1, -0.05) is 13.0 Å². The van der Waals surface area contributed by atoms with Crippen LogP contribution in [-0.2, 0) is 6.54 Å². The van der Waals surface area contributed by atoms with E-state index in [1.807, 2.05) is 17.6 Å². The summed E-state index contributed by atoms with van der Waals surface area (Å²) in [7, 11) is 0. The molecule has 1 amide bonds. The summed E-state index contributed by atoms with van der Waals surface area (Å²) in [5, 5.41) is 22.6. The van der Waals surface area contributed by atoms with Crippen LogP contribution in [0.15, 0.2) is 29.2 Å². The molecule has 0 spiro atoms. The van der Waals surface area contributed by atoms with Crippen LogP contribution < -0.4 is 10.0 Å². The van der Waals surface area contributed by atoms with Crippen molar-refractivity contribution >= 4 is 29.6 Å². The number of aromatic nitrogens is 1. The summed E-state index contributed by atoms with van der Waals surface area (Å²) >= 11 is 1.49. The summed E-state index contributed by atoms with van der Waals surface area (Å²) in [5.74, 6) is -1.71. The average molecular weight is 506 g/mol. The molecule has 6 nitrogen and oxygen atoms in total. The zero-order chi connectivity index (χ0) is 25.3. The molecule has 1 saturated carbocycles. The number of hydrogen-bond donors (Lipinski definition) is 4. The smallest absolute Gasteiger partial charge is 0.272 e. The van der Waals surface area contributed by atoms with E-state index in [2.05, 4.69) is 23.0 Å². The Kier molecular flexibility index (Phi) is 7.71. The number of fused-ring (bicyclic) bond motifs is 1. The molecule has 0 radical (unpaired) electrons. The third-order valence-corrected chi connectivity index (χ3v) is 8.24. The van der Waals surface area contributed by atoms with Crippen molar-refractivity contribution < 1.29 is 23.8 Å². The van der Waals surface area contributed by atoms with Crippen molar-refractivity contribution in [3.8, 4) is 0 Å². The van der Waals surface area contributed by atoms with E-state index in [9.17, 15) is 23.8 Å². The number of aliphatic hydroxyl groups is 2. The van der Waals surface area contributed by atoms with Gasteiger partial charge in [-0.15, -0.1) is 0 Å². The van der Waals surface area contributed by atoms with E-state index in [1.54, 1.807) is 6.92 Å². The van der Waals surface area contributed by atoms with E-state index in [0.717, 1.165) is 47.5 Å². The van der Waals surface area contributed by atoms with E-state index in [-0.39, 0.29) is 30.2 Å². The Morgan fingerprint density at radius 1 is 1.29 bits per heavy atom. The van der Waals surface area contributed by atoms with Gasteiger partial charge in [0.25, 0.3) is 5.91 Å². The number of benzene rings is 1. The van der Waals surface area contributed by atoms with E-state index in [4.69, 9.17) is 0 Å². The zero-order valence-corrected chi connectivity index (χ0v) is 21.1. The number of aliphatic hydroxyl groups excluding tert-OH is 1. The lowest BCUT2D eigenvalue weighted by Gasteiger charge is -2.30.